The van der Waals surface area contributed by atoms with E-state index in [0.717, 1.165) is 17.8 Å². The van der Waals surface area contributed by atoms with Gasteiger partial charge in [0.2, 0.25) is 10.0 Å². The van der Waals surface area contributed by atoms with E-state index in [9.17, 15) is 18.0 Å². The van der Waals surface area contributed by atoms with Gasteiger partial charge in [0.05, 0.1) is 21.8 Å². The fourth-order valence-electron chi connectivity index (χ4n) is 4.33. The molecule has 1 amide bonds. The summed E-state index contributed by atoms with van der Waals surface area (Å²) >= 11 is 1.10. The summed E-state index contributed by atoms with van der Waals surface area (Å²) in [4.78, 5) is 24.9. The zero-order chi connectivity index (χ0) is 19.1. The van der Waals surface area contributed by atoms with Crippen LogP contribution in [0.5, 0.6) is 0 Å². The Morgan fingerprint density at radius 2 is 2.12 bits per heavy atom. The maximum absolute atomic E-state index is 13.3. The number of nitrogens with one attached hydrogen (secondary N) is 1. The quantitative estimate of drug-likeness (QED) is 0.737. The SMILES string of the molecule is CCOC(=O)[C@]1(CC)C[C@@H]2CC[C@H]1N2S(=O)(=O)c1csc(C(=O)NC)c1. The van der Waals surface area contributed by atoms with Crippen LogP contribution in [0.1, 0.15) is 49.2 Å². The standard InChI is InChI=1S/C17H24N2O5S2/c1-4-17(16(21)24-5-2)9-11-6-7-14(17)19(11)26(22,23)12-8-13(25-10-12)15(20)18-3/h8,10-11,14H,4-7,9H2,1-3H3,(H,18,20)/t11-,14+,17+/m0/s1. The summed E-state index contributed by atoms with van der Waals surface area (Å²) < 4.78 is 33.3. The molecular weight excluding hydrogens is 376 g/mol. The van der Waals surface area contributed by atoms with Crippen LogP contribution in [0.15, 0.2) is 16.3 Å². The number of rotatable bonds is 6. The number of amides is 1. The Bertz CT molecular complexity index is 819. The molecule has 2 saturated heterocycles. The van der Waals surface area contributed by atoms with Crippen molar-refractivity contribution in [2.75, 3.05) is 13.7 Å². The summed E-state index contributed by atoms with van der Waals surface area (Å²) in [5.41, 5.74) is -0.772. The molecule has 0 spiro atoms. The lowest BCUT2D eigenvalue weighted by Crippen LogP contribution is -2.45. The molecule has 144 valence electrons. The molecule has 2 bridgehead atoms. The highest BCUT2D eigenvalue weighted by molar-refractivity contribution is 7.89. The first-order valence-corrected chi connectivity index (χ1v) is 11.1. The van der Waals surface area contributed by atoms with Crippen molar-refractivity contribution in [1.82, 2.24) is 9.62 Å². The van der Waals surface area contributed by atoms with Crippen LogP contribution in [0.2, 0.25) is 0 Å². The number of nitrogens with zero attached hydrogens (tertiary/aromatic N) is 1. The van der Waals surface area contributed by atoms with Crippen molar-refractivity contribution in [1.29, 1.82) is 0 Å². The van der Waals surface area contributed by atoms with Gasteiger partial charge in [-0.3, -0.25) is 9.59 Å². The van der Waals surface area contributed by atoms with Gasteiger partial charge in [0, 0.05) is 24.5 Å². The second kappa shape index (κ2) is 6.94. The van der Waals surface area contributed by atoms with Crippen LogP contribution >= 0.6 is 11.3 Å². The fourth-order valence-corrected chi connectivity index (χ4v) is 7.47. The van der Waals surface area contributed by atoms with Gasteiger partial charge in [-0.2, -0.15) is 4.31 Å². The minimum Gasteiger partial charge on any atom is -0.466 e. The Labute approximate surface area is 157 Å². The molecule has 0 aromatic carbocycles. The number of fused-ring (bicyclic) bond motifs is 2. The van der Waals surface area contributed by atoms with E-state index in [2.05, 4.69) is 5.32 Å². The topological polar surface area (TPSA) is 92.8 Å². The van der Waals surface area contributed by atoms with E-state index in [4.69, 9.17) is 4.74 Å². The highest BCUT2D eigenvalue weighted by atomic mass is 32.2. The van der Waals surface area contributed by atoms with Crippen molar-refractivity contribution in [3.8, 4) is 0 Å². The second-order valence-electron chi connectivity index (χ2n) is 6.74. The van der Waals surface area contributed by atoms with E-state index in [0.29, 0.717) is 24.1 Å². The molecule has 0 radical (unpaired) electrons. The molecule has 0 unspecified atom stereocenters. The van der Waals surface area contributed by atoms with Gasteiger partial charge in [-0.05, 0) is 38.7 Å². The molecule has 7 nitrogen and oxygen atoms in total. The number of esters is 1. The van der Waals surface area contributed by atoms with Gasteiger partial charge in [0.25, 0.3) is 5.91 Å². The smallest absolute Gasteiger partial charge is 0.313 e. The van der Waals surface area contributed by atoms with E-state index in [1.807, 2.05) is 6.92 Å². The van der Waals surface area contributed by atoms with E-state index >= 15 is 0 Å². The first-order valence-electron chi connectivity index (χ1n) is 8.83. The molecule has 1 aromatic rings. The molecule has 0 aliphatic carbocycles. The Morgan fingerprint density at radius 1 is 1.38 bits per heavy atom. The maximum Gasteiger partial charge on any atom is 0.313 e. The van der Waals surface area contributed by atoms with Crippen molar-refractivity contribution in [2.45, 2.75) is 56.5 Å². The predicted octanol–water partition coefficient (Wildman–Crippen LogP) is 1.99. The lowest BCUT2D eigenvalue weighted by molar-refractivity contribution is -0.157. The van der Waals surface area contributed by atoms with Crippen LogP contribution in [0.4, 0.5) is 0 Å². The van der Waals surface area contributed by atoms with Gasteiger partial charge in [-0.1, -0.05) is 6.92 Å². The number of carbonyl (C=O) groups is 2. The molecule has 1 N–H and O–H groups in total. The molecule has 0 saturated carbocycles. The normalized spacial score (nSPS) is 28.3. The summed E-state index contributed by atoms with van der Waals surface area (Å²) in [7, 11) is -2.26. The van der Waals surface area contributed by atoms with Gasteiger partial charge in [-0.25, -0.2) is 8.42 Å². The Hall–Kier alpha value is -1.45. The summed E-state index contributed by atoms with van der Waals surface area (Å²) in [6.07, 6.45) is 2.45. The van der Waals surface area contributed by atoms with Crippen LogP contribution in [-0.4, -0.2) is 50.3 Å². The maximum atomic E-state index is 13.3. The lowest BCUT2D eigenvalue weighted by atomic mass is 9.72. The summed E-state index contributed by atoms with van der Waals surface area (Å²) in [6.45, 7) is 3.95. The Morgan fingerprint density at radius 3 is 2.73 bits per heavy atom. The van der Waals surface area contributed by atoms with Crippen LogP contribution in [0, 0.1) is 5.41 Å². The molecule has 3 atom stereocenters. The average molecular weight is 401 g/mol. The number of hydrogen-bond donors (Lipinski definition) is 1. The first kappa shape index (κ1) is 19.3. The molecule has 3 heterocycles. The largest absolute Gasteiger partial charge is 0.466 e. The van der Waals surface area contributed by atoms with E-state index < -0.39 is 15.4 Å². The van der Waals surface area contributed by atoms with Crippen LogP contribution in [0.25, 0.3) is 0 Å². The number of hydrogen-bond acceptors (Lipinski definition) is 6. The van der Waals surface area contributed by atoms with Crippen LogP contribution in [0.3, 0.4) is 0 Å². The zero-order valence-electron chi connectivity index (χ0n) is 15.1. The highest BCUT2D eigenvalue weighted by Crippen LogP contribution is 2.54. The zero-order valence-corrected chi connectivity index (χ0v) is 16.8. The molecule has 26 heavy (non-hydrogen) atoms. The fraction of sp³-hybridized carbons (Fsp3) is 0.647. The average Bonchev–Trinajstić information content (AvgIpc) is 3.34. The second-order valence-corrected chi connectivity index (χ2v) is 9.50. The van der Waals surface area contributed by atoms with Crippen molar-refractivity contribution >= 4 is 33.2 Å². The number of thiophene rings is 1. The monoisotopic (exact) mass is 400 g/mol. The number of ether oxygens (including phenoxy) is 1. The lowest BCUT2D eigenvalue weighted by Gasteiger charge is -2.33. The molecular formula is C17H24N2O5S2. The summed E-state index contributed by atoms with van der Waals surface area (Å²) in [6, 6.07) is 0.830. The third-order valence-electron chi connectivity index (χ3n) is 5.59. The first-order chi connectivity index (χ1) is 12.3. The van der Waals surface area contributed by atoms with Crippen LogP contribution < -0.4 is 5.32 Å². The molecule has 2 fully saturated rings. The molecule has 1 aromatic heterocycles. The third kappa shape index (κ3) is 2.76. The minimum absolute atomic E-state index is 0.119. The van der Waals surface area contributed by atoms with Gasteiger partial charge in [0.1, 0.15) is 0 Å². The van der Waals surface area contributed by atoms with Crippen molar-refractivity contribution in [3.63, 3.8) is 0 Å². The van der Waals surface area contributed by atoms with Gasteiger partial charge < -0.3 is 10.1 Å². The van der Waals surface area contributed by atoms with E-state index in [1.54, 1.807) is 6.92 Å². The number of carbonyl (C=O) groups excluding carboxylic acids is 2. The van der Waals surface area contributed by atoms with E-state index in [-0.39, 0.29) is 35.5 Å². The van der Waals surface area contributed by atoms with Crippen LogP contribution in [-0.2, 0) is 19.6 Å². The molecule has 3 rings (SSSR count). The van der Waals surface area contributed by atoms with Gasteiger partial charge in [-0.15, -0.1) is 11.3 Å². The van der Waals surface area contributed by atoms with E-state index in [1.165, 1.54) is 22.8 Å². The highest BCUT2D eigenvalue weighted by Gasteiger charge is 2.63. The Kier molecular flexibility index (Phi) is 5.15. The summed E-state index contributed by atoms with van der Waals surface area (Å²) in [5.74, 6) is -0.610. The third-order valence-corrected chi connectivity index (χ3v) is 8.61. The van der Waals surface area contributed by atoms with Crippen molar-refractivity contribution in [3.05, 3.63) is 16.3 Å². The van der Waals surface area contributed by atoms with Crippen molar-refractivity contribution in [2.24, 2.45) is 5.41 Å². The number of sulfonamides is 1. The van der Waals surface area contributed by atoms with Gasteiger partial charge >= 0.3 is 5.97 Å². The van der Waals surface area contributed by atoms with Gasteiger partial charge in [0.15, 0.2) is 0 Å². The van der Waals surface area contributed by atoms with Crippen molar-refractivity contribution < 1.29 is 22.7 Å². The molecule has 2 aliphatic rings. The predicted molar refractivity (Wildman–Crippen MR) is 97.5 cm³/mol. The molecule has 9 heteroatoms. The minimum atomic E-state index is -3.77. The Balaban J connectivity index is 1.95. The molecule has 2 aliphatic heterocycles. The summed E-state index contributed by atoms with van der Waals surface area (Å²) in [5, 5.41) is 3.99.